The van der Waals surface area contributed by atoms with Crippen LogP contribution in [-0.2, 0) is 17.6 Å². The van der Waals surface area contributed by atoms with Gasteiger partial charge in [0.1, 0.15) is 0 Å². The third-order valence-electron chi connectivity index (χ3n) is 7.29. The van der Waals surface area contributed by atoms with Gasteiger partial charge in [0.15, 0.2) is 0 Å². The number of likely N-dealkylation sites (tertiary alicyclic amines) is 1. The van der Waals surface area contributed by atoms with Crippen LogP contribution in [0.15, 0.2) is 30.9 Å². The van der Waals surface area contributed by atoms with E-state index < -0.39 is 0 Å². The summed E-state index contributed by atoms with van der Waals surface area (Å²) in [5.74, 6) is 0.915. The van der Waals surface area contributed by atoms with Crippen LogP contribution in [0, 0.1) is 19.3 Å². The summed E-state index contributed by atoms with van der Waals surface area (Å²) in [5, 5.41) is 0. The summed E-state index contributed by atoms with van der Waals surface area (Å²) >= 11 is 0. The van der Waals surface area contributed by atoms with Crippen LogP contribution in [0.3, 0.4) is 0 Å². The van der Waals surface area contributed by atoms with Crippen LogP contribution in [-0.4, -0.2) is 47.0 Å². The second-order valence-corrected chi connectivity index (χ2v) is 9.32. The van der Waals surface area contributed by atoms with Crippen molar-refractivity contribution in [3.63, 3.8) is 0 Å². The Hall–Kier alpha value is -2.69. The van der Waals surface area contributed by atoms with Crippen LogP contribution in [0.2, 0.25) is 0 Å². The van der Waals surface area contributed by atoms with E-state index in [2.05, 4.69) is 43.5 Å². The lowest BCUT2D eigenvalue weighted by Crippen LogP contribution is -2.59. The SMILES string of the molecule is C=CC(=O)N1CC2(CCN(c3nc4c(c(-c5cccc(C)c5C)n3)CCCC4)C2)C1. The first-order valence-electron chi connectivity index (χ1n) is 11.1. The van der Waals surface area contributed by atoms with Crippen LogP contribution in [0.25, 0.3) is 11.3 Å². The summed E-state index contributed by atoms with van der Waals surface area (Å²) in [5.41, 5.74) is 7.77. The van der Waals surface area contributed by atoms with E-state index in [-0.39, 0.29) is 11.3 Å². The van der Waals surface area contributed by atoms with Crippen LogP contribution >= 0.6 is 0 Å². The molecule has 0 saturated carbocycles. The zero-order valence-corrected chi connectivity index (χ0v) is 18.1. The molecule has 1 amide bonds. The molecule has 2 aromatic rings. The molecule has 0 atom stereocenters. The van der Waals surface area contributed by atoms with Crippen molar-refractivity contribution in [3.8, 4) is 11.3 Å². The van der Waals surface area contributed by atoms with Crippen LogP contribution in [0.4, 0.5) is 5.95 Å². The molecule has 1 aromatic carbocycles. The maximum atomic E-state index is 11.9. The lowest BCUT2D eigenvalue weighted by atomic mass is 9.79. The van der Waals surface area contributed by atoms with Crippen molar-refractivity contribution in [2.75, 3.05) is 31.1 Å². The average molecular weight is 403 g/mol. The number of hydrogen-bond donors (Lipinski definition) is 0. The molecule has 0 bridgehead atoms. The first kappa shape index (κ1) is 19.3. The van der Waals surface area contributed by atoms with Gasteiger partial charge in [0.2, 0.25) is 11.9 Å². The van der Waals surface area contributed by atoms with Crippen molar-refractivity contribution in [2.45, 2.75) is 46.0 Å². The number of anilines is 1. The minimum absolute atomic E-state index is 0.0429. The van der Waals surface area contributed by atoms with Gasteiger partial charge in [-0.15, -0.1) is 0 Å². The van der Waals surface area contributed by atoms with Gasteiger partial charge >= 0.3 is 0 Å². The van der Waals surface area contributed by atoms with Gasteiger partial charge in [0.25, 0.3) is 0 Å². The van der Waals surface area contributed by atoms with E-state index in [0.29, 0.717) is 0 Å². The third-order valence-corrected chi connectivity index (χ3v) is 7.29. The Morgan fingerprint density at radius 1 is 1.13 bits per heavy atom. The standard InChI is InChI=1S/C25H30N4O/c1-4-22(30)29-15-25(16-29)12-13-28(14-25)24-26-21-11-6-5-9-20(21)23(27-24)19-10-7-8-17(2)18(19)3/h4,7-8,10H,1,5-6,9,11-16H2,2-3H3. The minimum atomic E-state index is 0.0429. The van der Waals surface area contributed by atoms with Gasteiger partial charge in [-0.2, -0.15) is 0 Å². The number of carbonyl (C=O) groups is 1. The Kier molecular flexibility index (Phi) is 4.64. The molecule has 2 fully saturated rings. The highest BCUT2D eigenvalue weighted by molar-refractivity contribution is 5.87. The Morgan fingerprint density at radius 3 is 2.73 bits per heavy atom. The summed E-state index contributed by atoms with van der Waals surface area (Å²) in [6.07, 6.45) is 7.05. The molecule has 30 heavy (non-hydrogen) atoms. The van der Waals surface area contributed by atoms with Crippen molar-refractivity contribution in [1.82, 2.24) is 14.9 Å². The van der Waals surface area contributed by atoms with Crippen molar-refractivity contribution in [3.05, 3.63) is 53.2 Å². The first-order valence-corrected chi connectivity index (χ1v) is 11.1. The lowest BCUT2D eigenvalue weighted by Gasteiger charge is -2.47. The van der Waals surface area contributed by atoms with Crippen LogP contribution in [0.5, 0.6) is 0 Å². The van der Waals surface area contributed by atoms with Crippen molar-refractivity contribution >= 4 is 11.9 Å². The Labute approximate surface area is 178 Å². The highest BCUT2D eigenvalue weighted by Crippen LogP contribution is 2.41. The van der Waals surface area contributed by atoms with Gasteiger partial charge < -0.3 is 9.80 Å². The van der Waals surface area contributed by atoms with E-state index in [1.54, 1.807) is 0 Å². The molecule has 1 aliphatic carbocycles. The number of fused-ring (bicyclic) bond motifs is 1. The van der Waals surface area contributed by atoms with E-state index in [4.69, 9.17) is 9.97 Å². The number of rotatable bonds is 3. The molecular formula is C25H30N4O. The van der Waals surface area contributed by atoms with Gasteiger partial charge in [0.05, 0.1) is 5.69 Å². The van der Waals surface area contributed by atoms with Gasteiger partial charge in [-0.3, -0.25) is 4.79 Å². The summed E-state index contributed by atoms with van der Waals surface area (Å²) in [7, 11) is 0. The van der Waals surface area contributed by atoms with Gasteiger partial charge in [0, 0.05) is 48.4 Å². The Balaban J connectivity index is 1.48. The smallest absolute Gasteiger partial charge is 0.245 e. The fourth-order valence-electron chi connectivity index (χ4n) is 5.37. The Bertz CT molecular complexity index is 1020. The zero-order chi connectivity index (χ0) is 20.9. The predicted octanol–water partition coefficient (Wildman–Crippen LogP) is 3.86. The average Bonchev–Trinajstić information content (AvgIpc) is 3.19. The van der Waals surface area contributed by atoms with Gasteiger partial charge in [-0.05, 0) is 63.2 Å². The summed E-state index contributed by atoms with van der Waals surface area (Å²) in [6.45, 7) is 11.5. The van der Waals surface area contributed by atoms with E-state index >= 15 is 0 Å². The van der Waals surface area contributed by atoms with Crippen LogP contribution < -0.4 is 4.90 Å². The summed E-state index contributed by atoms with van der Waals surface area (Å²) < 4.78 is 0. The number of amides is 1. The molecule has 1 spiro atoms. The molecule has 3 heterocycles. The molecule has 5 rings (SSSR count). The largest absolute Gasteiger partial charge is 0.340 e. The molecule has 0 N–H and O–H groups in total. The quantitative estimate of drug-likeness (QED) is 0.732. The predicted molar refractivity (Wildman–Crippen MR) is 120 cm³/mol. The number of aryl methyl sites for hydroxylation is 2. The molecule has 5 nitrogen and oxygen atoms in total. The van der Waals surface area contributed by atoms with Crippen molar-refractivity contribution in [2.24, 2.45) is 5.41 Å². The van der Waals surface area contributed by atoms with Gasteiger partial charge in [-0.25, -0.2) is 9.97 Å². The summed E-state index contributed by atoms with van der Waals surface area (Å²) in [4.78, 5) is 26.3. The normalized spacial score (nSPS) is 19.5. The molecule has 2 saturated heterocycles. The lowest BCUT2D eigenvalue weighted by molar-refractivity contribution is -0.136. The Morgan fingerprint density at radius 2 is 1.93 bits per heavy atom. The fourth-order valence-corrected chi connectivity index (χ4v) is 5.37. The second kappa shape index (κ2) is 7.22. The topological polar surface area (TPSA) is 49.3 Å². The molecular weight excluding hydrogens is 372 g/mol. The highest BCUT2D eigenvalue weighted by atomic mass is 16.2. The zero-order valence-electron chi connectivity index (χ0n) is 18.1. The third kappa shape index (κ3) is 3.11. The monoisotopic (exact) mass is 402 g/mol. The molecule has 5 heteroatoms. The number of benzene rings is 1. The van der Waals surface area contributed by atoms with E-state index in [9.17, 15) is 4.79 Å². The number of nitrogens with zero attached hydrogens (tertiary/aromatic N) is 4. The van der Waals surface area contributed by atoms with E-state index in [1.807, 2.05) is 4.90 Å². The minimum Gasteiger partial charge on any atom is -0.340 e. The molecule has 2 aliphatic heterocycles. The molecule has 1 aromatic heterocycles. The van der Waals surface area contributed by atoms with Crippen molar-refractivity contribution in [1.29, 1.82) is 0 Å². The maximum absolute atomic E-state index is 11.9. The van der Waals surface area contributed by atoms with Crippen LogP contribution in [0.1, 0.15) is 41.6 Å². The van der Waals surface area contributed by atoms with E-state index in [0.717, 1.165) is 57.1 Å². The second-order valence-electron chi connectivity index (χ2n) is 9.32. The number of hydrogen-bond acceptors (Lipinski definition) is 4. The number of aromatic nitrogens is 2. The molecule has 0 radical (unpaired) electrons. The highest BCUT2D eigenvalue weighted by Gasteiger charge is 2.49. The molecule has 156 valence electrons. The van der Waals surface area contributed by atoms with E-state index in [1.165, 1.54) is 46.9 Å². The first-order chi connectivity index (χ1) is 14.5. The van der Waals surface area contributed by atoms with Gasteiger partial charge in [-0.1, -0.05) is 24.8 Å². The summed E-state index contributed by atoms with van der Waals surface area (Å²) in [6, 6.07) is 6.52. The molecule has 0 unspecified atom stereocenters. The fraction of sp³-hybridized carbons (Fsp3) is 0.480. The number of carbonyl (C=O) groups excluding carboxylic acids is 1. The van der Waals surface area contributed by atoms with Crippen molar-refractivity contribution < 1.29 is 4.79 Å². The maximum Gasteiger partial charge on any atom is 0.245 e. The molecule has 3 aliphatic rings.